The Morgan fingerprint density at radius 3 is 2.93 bits per heavy atom. The molecule has 148 valence electrons. The number of carbonyl (C=O) groups is 1. The van der Waals surface area contributed by atoms with Crippen molar-refractivity contribution >= 4 is 59.8 Å². The molecule has 4 aromatic rings. The van der Waals surface area contributed by atoms with Crippen LogP contribution in [0.2, 0.25) is 0 Å². The van der Waals surface area contributed by atoms with Crippen molar-refractivity contribution in [2.75, 3.05) is 23.3 Å². The van der Waals surface area contributed by atoms with Gasteiger partial charge in [0.2, 0.25) is 5.91 Å². The van der Waals surface area contributed by atoms with Gasteiger partial charge in [-0.05, 0) is 56.2 Å². The second-order valence-corrected chi connectivity index (χ2v) is 9.54. The number of hydrogen-bond donors (Lipinski definition) is 1. The molecule has 1 aliphatic rings. The minimum absolute atomic E-state index is 0.0214. The molecule has 0 spiro atoms. The Bertz CT molecular complexity index is 1220. The first-order chi connectivity index (χ1) is 14.0. The van der Waals surface area contributed by atoms with E-state index in [1.165, 1.54) is 23.5 Å². The van der Waals surface area contributed by atoms with Crippen molar-refractivity contribution in [2.45, 2.75) is 19.8 Å². The summed E-state index contributed by atoms with van der Waals surface area (Å²) < 4.78 is 15.4. The van der Waals surface area contributed by atoms with Crippen LogP contribution in [-0.2, 0) is 4.79 Å². The van der Waals surface area contributed by atoms with Crippen molar-refractivity contribution in [3.05, 3.63) is 47.2 Å². The van der Waals surface area contributed by atoms with Gasteiger partial charge in [0.15, 0.2) is 5.13 Å². The van der Waals surface area contributed by atoms with E-state index in [1.54, 1.807) is 17.4 Å². The number of carbonyl (C=O) groups excluding carboxylic acids is 1. The van der Waals surface area contributed by atoms with Crippen molar-refractivity contribution in [3.8, 4) is 0 Å². The largest absolute Gasteiger partial charge is 0.347 e. The minimum Gasteiger partial charge on any atom is -0.347 e. The van der Waals surface area contributed by atoms with Gasteiger partial charge in [0.05, 0.1) is 31.4 Å². The molecule has 1 unspecified atom stereocenters. The second kappa shape index (κ2) is 7.35. The summed E-state index contributed by atoms with van der Waals surface area (Å²) in [4.78, 5) is 24.2. The highest BCUT2D eigenvalue weighted by atomic mass is 32.1. The van der Waals surface area contributed by atoms with Gasteiger partial charge in [-0.15, -0.1) is 11.3 Å². The first-order valence-corrected chi connectivity index (χ1v) is 11.2. The fraction of sp³-hybridized carbons (Fsp3) is 0.286. The lowest BCUT2D eigenvalue weighted by molar-refractivity contribution is -0.120. The molecule has 2 aromatic heterocycles. The van der Waals surface area contributed by atoms with Gasteiger partial charge in [0.25, 0.3) is 0 Å². The third-order valence-corrected chi connectivity index (χ3v) is 7.19. The average Bonchev–Trinajstić information content (AvgIpc) is 3.29. The first-order valence-electron chi connectivity index (χ1n) is 9.54. The Kier molecular flexibility index (Phi) is 4.67. The predicted octanol–water partition coefficient (Wildman–Crippen LogP) is 5.21. The lowest BCUT2D eigenvalue weighted by atomic mass is 9.97. The van der Waals surface area contributed by atoms with Crippen LogP contribution in [0.15, 0.2) is 36.4 Å². The van der Waals surface area contributed by atoms with Gasteiger partial charge < -0.3 is 10.2 Å². The Hall–Kier alpha value is -2.58. The summed E-state index contributed by atoms with van der Waals surface area (Å²) in [5.74, 6) is -0.343. The summed E-state index contributed by atoms with van der Waals surface area (Å²) in [7, 11) is 0. The third-order valence-electron chi connectivity index (χ3n) is 5.16. The van der Waals surface area contributed by atoms with E-state index in [9.17, 15) is 9.18 Å². The number of nitrogens with one attached hydrogen (secondary N) is 1. The standard InChI is InChI=1S/C21H19FN4OS2/c1-12-23-17-10-15(5-7-18(17)28-12)24-20(27)13-3-2-8-26(11-13)21-25-16-6-4-14(22)9-19(16)29-21/h4-7,9-10,13H,2-3,8,11H2,1H3,(H,24,27). The lowest BCUT2D eigenvalue weighted by Crippen LogP contribution is -2.40. The van der Waals surface area contributed by atoms with Crippen LogP contribution in [0.5, 0.6) is 0 Å². The van der Waals surface area contributed by atoms with E-state index in [1.807, 2.05) is 25.1 Å². The summed E-state index contributed by atoms with van der Waals surface area (Å²) in [6.07, 6.45) is 1.77. The lowest BCUT2D eigenvalue weighted by Gasteiger charge is -2.31. The molecule has 0 bridgehead atoms. The smallest absolute Gasteiger partial charge is 0.229 e. The molecule has 1 saturated heterocycles. The molecule has 29 heavy (non-hydrogen) atoms. The quantitative estimate of drug-likeness (QED) is 0.489. The summed E-state index contributed by atoms with van der Waals surface area (Å²) >= 11 is 3.12. The Labute approximate surface area is 175 Å². The Morgan fingerprint density at radius 2 is 2.03 bits per heavy atom. The molecular weight excluding hydrogens is 407 g/mol. The van der Waals surface area contributed by atoms with Crippen LogP contribution in [0.3, 0.4) is 0 Å². The summed E-state index contributed by atoms with van der Waals surface area (Å²) in [5.41, 5.74) is 2.49. The topological polar surface area (TPSA) is 58.1 Å². The Morgan fingerprint density at radius 1 is 1.14 bits per heavy atom. The van der Waals surface area contributed by atoms with Gasteiger partial charge >= 0.3 is 0 Å². The normalized spacial score (nSPS) is 17.2. The molecule has 5 nitrogen and oxygen atoms in total. The third kappa shape index (κ3) is 3.70. The van der Waals surface area contributed by atoms with Crippen LogP contribution < -0.4 is 10.2 Å². The van der Waals surface area contributed by atoms with Crippen LogP contribution in [0, 0.1) is 18.7 Å². The number of thiazole rings is 2. The number of fused-ring (bicyclic) bond motifs is 2. The monoisotopic (exact) mass is 426 g/mol. The predicted molar refractivity (Wildman–Crippen MR) is 118 cm³/mol. The number of hydrogen-bond acceptors (Lipinski definition) is 6. The van der Waals surface area contributed by atoms with Crippen molar-refractivity contribution in [1.82, 2.24) is 9.97 Å². The highest BCUT2D eigenvalue weighted by Gasteiger charge is 2.27. The van der Waals surface area contributed by atoms with Gasteiger partial charge in [0, 0.05) is 18.8 Å². The molecule has 0 radical (unpaired) electrons. The van der Waals surface area contributed by atoms with E-state index in [0.29, 0.717) is 6.54 Å². The maximum atomic E-state index is 13.5. The molecule has 8 heteroatoms. The fourth-order valence-electron chi connectivity index (χ4n) is 3.75. The van der Waals surface area contributed by atoms with Gasteiger partial charge in [-0.2, -0.15) is 0 Å². The van der Waals surface area contributed by atoms with E-state index in [2.05, 4.69) is 20.2 Å². The van der Waals surface area contributed by atoms with Crippen molar-refractivity contribution in [2.24, 2.45) is 5.92 Å². The molecule has 0 saturated carbocycles. The summed E-state index contributed by atoms with van der Waals surface area (Å²) in [6.45, 7) is 3.46. The molecule has 2 aromatic carbocycles. The van der Waals surface area contributed by atoms with Crippen LogP contribution in [0.4, 0.5) is 15.2 Å². The van der Waals surface area contributed by atoms with Crippen LogP contribution in [0.1, 0.15) is 17.8 Å². The van der Waals surface area contributed by atoms with Gasteiger partial charge in [-0.25, -0.2) is 14.4 Å². The highest BCUT2D eigenvalue weighted by Crippen LogP contribution is 2.32. The SMILES string of the molecule is Cc1nc2cc(NC(=O)C3CCCN(c4nc5ccc(F)cc5s4)C3)ccc2s1. The maximum Gasteiger partial charge on any atom is 0.229 e. The van der Waals surface area contributed by atoms with Crippen LogP contribution in [-0.4, -0.2) is 29.0 Å². The maximum absolute atomic E-state index is 13.5. The molecule has 0 aliphatic carbocycles. The van der Waals surface area contributed by atoms with Crippen molar-refractivity contribution in [3.63, 3.8) is 0 Å². The Balaban J connectivity index is 1.31. The van der Waals surface area contributed by atoms with Crippen molar-refractivity contribution in [1.29, 1.82) is 0 Å². The molecule has 3 heterocycles. The molecule has 5 rings (SSSR count). The zero-order chi connectivity index (χ0) is 20.0. The number of amides is 1. The van der Waals surface area contributed by atoms with E-state index in [-0.39, 0.29) is 17.6 Å². The molecule has 1 fully saturated rings. The number of aromatic nitrogens is 2. The van der Waals surface area contributed by atoms with Gasteiger partial charge in [-0.1, -0.05) is 11.3 Å². The van der Waals surface area contributed by atoms with E-state index < -0.39 is 0 Å². The number of halogens is 1. The van der Waals surface area contributed by atoms with Crippen LogP contribution >= 0.6 is 22.7 Å². The van der Waals surface area contributed by atoms with Crippen LogP contribution in [0.25, 0.3) is 20.4 Å². The summed E-state index contributed by atoms with van der Waals surface area (Å²) in [5, 5.41) is 4.92. The first kappa shape index (κ1) is 18.4. The number of nitrogens with zero attached hydrogens (tertiary/aromatic N) is 3. The molecule has 1 aliphatic heterocycles. The number of rotatable bonds is 3. The minimum atomic E-state index is -0.254. The molecule has 1 N–H and O–H groups in total. The zero-order valence-electron chi connectivity index (χ0n) is 15.8. The summed E-state index contributed by atoms with van der Waals surface area (Å²) in [6, 6.07) is 10.5. The molecule has 1 atom stereocenters. The second-order valence-electron chi connectivity index (χ2n) is 7.30. The van der Waals surface area contributed by atoms with E-state index in [0.717, 1.165) is 55.6 Å². The zero-order valence-corrected chi connectivity index (χ0v) is 17.4. The number of aryl methyl sites for hydroxylation is 1. The van der Waals surface area contributed by atoms with E-state index in [4.69, 9.17) is 0 Å². The van der Waals surface area contributed by atoms with Crippen molar-refractivity contribution < 1.29 is 9.18 Å². The molecular formula is C21H19FN4OS2. The molecule has 1 amide bonds. The average molecular weight is 427 g/mol. The highest BCUT2D eigenvalue weighted by molar-refractivity contribution is 7.22. The van der Waals surface area contributed by atoms with Gasteiger partial charge in [0.1, 0.15) is 5.82 Å². The van der Waals surface area contributed by atoms with E-state index >= 15 is 0 Å². The number of benzene rings is 2. The van der Waals surface area contributed by atoms with Gasteiger partial charge in [-0.3, -0.25) is 4.79 Å². The number of anilines is 2. The number of piperidine rings is 1. The fourth-order valence-corrected chi connectivity index (χ4v) is 5.58.